The van der Waals surface area contributed by atoms with Crippen molar-refractivity contribution in [3.8, 4) is 6.07 Å². The third kappa shape index (κ3) is 1.87. The second kappa shape index (κ2) is 4.18. The van der Waals surface area contributed by atoms with Gasteiger partial charge in [0.05, 0.1) is 6.07 Å². The first kappa shape index (κ1) is 9.79. The average Bonchev–Trinajstić information content (AvgIpc) is 2.56. The van der Waals surface area contributed by atoms with Gasteiger partial charge >= 0.3 is 0 Å². The zero-order valence-corrected chi connectivity index (χ0v) is 8.88. The van der Waals surface area contributed by atoms with Crippen molar-refractivity contribution >= 4 is 10.9 Å². The summed E-state index contributed by atoms with van der Waals surface area (Å²) < 4.78 is 0. The fraction of sp³-hybridized carbons (Fsp3) is 0.308. The molecule has 0 saturated heterocycles. The number of nitrogens with one attached hydrogen (secondary N) is 1. The van der Waals surface area contributed by atoms with Crippen molar-refractivity contribution in [2.45, 2.75) is 26.2 Å². The van der Waals surface area contributed by atoms with Crippen LogP contribution >= 0.6 is 0 Å². The summed E-state index contributed by atoms with van der Waals surface area (Å²) in [7, 11) is 0. The molecule has 15 heavy (non-hydrogen) atoms. The number of nitrogens with zero attached hydrogens (tertiary/aromatic N) is 1. The van der Waals surface area contributed by atoms with Crippen molar-refractivity contribution in [2.75, 3.05) is 0 Å². The molecule has 0 aliphatic carbocycles. The van der Waals surface area contributed by atoms with Crippen LogP contribution in [0.25, 0.3) is 10.9 Å². The minimum atomic E-state index is 0.638. The summed E-state index contributed by atoms with van der Waals surface area (Å²) in [5.74, 6) is 0. The van der Waals surface area contributed by atoms with Gasteiger partial charge in [0.15, 0.2) is 0 Å². The number of aryl methyl sites for hydroxylation is 2. The van der Waals surface area contributed by atoms with Gasteiger partial charge < -0.3 is 4.98 Å². The number of H-pyrrole nitrogens is 1. The van der Waals surface area contributed by atoms with E-state index in [0.29, 0.717) is 6.42 Å². The van der Waals surface area contributed by atoms with E-state index in [1.807, 2.05) is 6.07 Å². The molecule has 0 bridgehead atoms. The average molecular weight is 198 g/mol. The minimum absolute atomic E-state index is 0.638. The highest BCUT2D eigenvalue weighted by Crippen LogP contribution is 2.23. The number of benzene rings is 1. The lowest BCUT2D eigenvalue weighted by atomic mass is 10.1. The van der Waals surface area contributed by atoms with E-state index in [4.69, 9.17) is 5.26 Å². The van der Waals surface area contributed by atoms with E-state index in [2.05, 4.69) is 36.2 Å². The Labute approximate surface area is 89.5 Å². The SMILES string of the molecule is Cc1[nH]c2ccccc2c1CCCC#N. The maximum absolute atomic E-state index is 8.52. The van der Waals surface area contributed by atoms with Gasteiger partial charge in [0.1, 0.15) is 0 Å². The van der Waals surface area contributed by atoms with Crippen molar-refractivity contribution in [3.05, 3.63) is 35.5 Å². The zero-order valence-electron chi connectivity index (χ0n) is 8.88. The molecule has 1 aromatic carbocycles. The molecule has 0 saturated carbocycles. The van der Waals surface area contributed by atoms with Crippen LogP contribution < -0.4 is 0 Å². The fourth-order valence-electron chi connectivity index (χ4n) is 2.00. The standard InChI is InChI=1S/C13H14N2/c1-10-11(6-4-5-9-14)12-7-2-3-8-13(12)15-10/h2-3,7-8,15H,4-6H2,1H3. The van der Waals surface area contributed by atoms with Crippen molar-refractivity contribution in [1.29, 1.82) is 5.26 Å². The molecule has 0 radical (unpaired) electrons. The lowest BCUT2D eigenvalue weighted by molar-refractivity contribution is 0.849. The molecule has 2 nitrogen and oxygen atoms in total. The molecule has 1 heterocycles. The molecule has 0 aliphatic rings. The van der Waals surface area contributed by atoms with Gasteiger partial charge in [-0.15, -0.1) is 0 Å². The third-order valence-electron chi connectivity index (χ3n) is 2.74. The molecule has 0 unspecified atom stereocenters. The van der Waals surface area contributed by atoms with Gasteiger partial charge in [-0.2, -0.15) is 5.26 Å². The van der Waals surface area contributed by atoms with Gasteiger partial charge in [-0.3, -0.25) is 0 Å². The zero-order chi connectivity index (χ0) is 10.7. The van der Waals surface area contributed by atoms with Crippen LogP contribution in [0.4, 0.5) is 0 Å². The topological polar surface area (TPSA) is 39.6 Å². The number of aromatic nitrogens is 1. The molecule has 0 fully saturated rings. The van der Waals surface area contributed by atoms with Crippen LogP contribution in [0.3, 0.4) is 0 Å². The molecule has 1 N–H and O–H groups in total. The first-order chi connectivity index (χ1) is 7.33. The van der Waals surface area contributed by atoms with Gasteiger partial charge in [-0.25, -0.2) is 0 Å². The summed E-state index contributed by atoms with van der Waals surface area (Å²) in [5, 5.41) is 9.82. The molecule has 0 atom stereocenters. The highest BCUT2D eigenvalue weighted by atomic mass is 14.7. The number of para-hydroxylation sites is 1. The Morgan fingerprint density at radius 3 is 2.93 bits per heavy atom. The van der Waals surface area contributed by atoms with Crippen molar-refractivity contribution < 1.29 is 0 Å². The van der Waals surface area contributed by atoms with Crippen LogP contribution in [0.15, 0.2) is 24.3 Å². The normalized spacial score (nSPS) is 10.4. The summed E-state index contributed by atoms with van der Waals surface area (Å²) >= 11 is 0. The van der Waals surface area contributed by atoms with Crippen LogP contribution in [0.2, 0.25) is 0 Å². The highest BCUT2D eigenvalue weighted by Gasteiger charge is 2.06. The Bertz CT molecular complexity index is 503. The lowest BCUT2D eigenvalue weighted by Crippen LogP contribution is -1.86. The highest BCUT2D eigenvalue weighted by molar-refractivity contribution is 5.84. The maximum Gasteiger partial charge on any atom is 0.0621 e. The smallest absolute Gasteiger partial charge is 0.0621 e. The van der Waals surface area contributed by atoms with E-state index in [0.717, 1.165) is 12.8 Å². The van der Waals surface area contributed by atoms with Gasteiger partial charge in [0.25, 0.3) is 0 Å². The minimum Gasteiger partial charge on any atom is -0.358 e. The Morgan fingerprint density at radius 2 is 2.13 bits per heavy atom. The molecule has 0 amide bonds. The van der Waals surface area contributed by atoms with Crippen LogP contribution in [0.1, 0.15) is 24.1 Å². The maximum atomic E-state index is 8.52. The van der Waals surface area contributed by atoms with Crippen LogP contribution in [0.5, 0.6) is 0 Å². The van der Waals surface area contributed by atoms with E-state index in [9.17, 15) is 0 Å². The van der Waals surface area contributed by atoms with Gasteiger partial charge in [0.2, 0.25) is 0 Å². The van der Waals surface area contributed by atoms with Crippen molar-refractivity contribution in [2.24, 2.45) is 0 Å². The van der Waals surface area contributed by atoms with E-state index in [1.165, 1.54) is 22.2 Å². The van der Waals surface area contributed by atoms with E-state index < -0.39 is 0 Å². The van der Waals surface area contributed by atoms with Crippen molar-refractivity contribution in [3.63, 3.8) is 0 Å². The summed E-state index contributed by atoms with van der Waals surface area (Å²) in [6.07, 6.45) is 2.57. The molecular weight excluding hydrogens is 184 g/mol. The van der Waals surface area contributed by atoms with E-state index >= 15 is 0 Å². The molecule has 2 rings (SSSR count). The van der Waals surface area contributed by atoms with Crippen LogP contribution in [-0.2, 0) is 6.42 Å². The molecule has 0 spiro atoms. The first-order valence-corrected chi connectivity index (χ1v) is 5.26. The quantitative estimate of drug-likeness (QED) is 0.755. The molecule has 2 heteroatoms. The summed E-state index contributed by atoms with van der Waals surface area (Å²) in [6, 6.07) is 10.5. The molecular formula is C13H14N2. The Morgan fingerprint density at radius 1 is 1.33 bits per heavy atom. The monoisotopic (exact) mass is 198 g/mol. The lowest BCUT2D eigenvalue weighted by Gasteiger charge is -1.98. The fourth-order valence-corrected chi connectivity index (χ4v) is 2.00. The second-order valence-corrected chi connectivity index (χ2v) is 3.79. The number of nitriles is 1. The second-order valence-electron chi connectivity index (χ2n) is 3.79. The summed E-state index contributed by atoms with van der Waals surface area (Å²) in [4.78, 5) is 3.37. The summed E-state index contributed by atoms with van der Waals surface area (Å²) in [5.41, 5.74) is 3.79. The molecule has 1 aromatic heterocycles. The Kier molecular flexibility index (Phi) is 2.73. The molecule has 0 aliphatic heterocycles. The number of hydrogen-bond donors (Lipinski definition) is 1. The van der Waals surface area contributed by atoms with Gasteiger partial charge in [-0.05, 0) is 31.4 Å². The number of rotatable bonds is 3. The number of fused-ring (bicyclic) bond motifs is 1. The first-order valence-electron chi connectivity index (χ1n) is 5.26. The number of aromatic amines is 1. The third-order valence-corrected chi connectivity index (χ3v) is 2.74. The van der Waals surface area contributed by atoms with E-state index in [1.54, 1.807) is 0 Å². The van der Waals surface area contributed by atoms with Gasteiger partial charge in [0, 0.05) is 23.0 Å². The predicted molar refractivity (Wildman–Crippen MR) is 61.6 cm³/mol. The number of unbranched alkanes of at least 4 members (excludes halogenated alkanes) is 1. The predicted octanol–water partition coefficient (Wildman–Crippen LogP) is 3.32. The summed E-state index contributed by atoms with van der Waals surface area (Å²) in [6.45, 7) is 2.10. The van der Waals surface area contributed by atoms with Crippen LogP contribution in [0, 0.1) is 18.3 Å². The number of hydrogen-bond acceptors (Lipinski definition) is 1. The molecule has 2 aromatic rings. The van der Waals surface area contributed by atoms with E-state index in [-0.39, 0.29) is 0 Å². The molecule has 76 valence electrons. The largest absolute Gasteiger partial charge is 0.358 e. The Balaban J connectivity index is 2.33. The van der Waals surface area contributed by atoms with Crippen molar-refractivity contribution in [1.82, 2.24) is 4.98 Å². The van der Waals surface area contributed by atoms with Crippen LogP contribution in [-0.4, -0.2) is 4.98 Å². The Hall–Kier alpha value is -1.75. The van der Waals surface area contributed by atoms with Gasteiger partial charge in [-0.1, -0.05) is 18.2 Å².